The Kier molecular flexibility index (Phi) is 6.81. The second-order valence-corrected chi connectivity index (χ2v) is 2.43. The number of rotatable bonds is 3. The summed E-state index contributed by atoms with van der Waals surface area (Å²) in [6.45, 7) is 5.37. The molecule has 0 fully saturated rings. The quantitative estimate of drug-likeness (QED) is 0.400. The number of carbonyl (C=O) groups excluding carboxylic acids is 2. The van der Waals surface area contributed by atoms with Gasteiger partial charge >= 0.3 is 12.1 Å². The van der Waals surface area contributed by atoms with E-state index in [1.165, 1.54) is 6.92 Å². The van der Waals surface area contributed by atoms with E-state index in [0.29, 0.717) is 0 Å². The second kappa shape index (κ2) is 7.68. The summed E-state index contributed by atoms with van der Waals surface area (Å²) in [7, 11) is 0. The molecule has 15 heavy (non-hydrogen) atoms. The van der Waals surface area contributed by atoms with Crippen molar-refractivity contribution in [1.82, 2.24) is 0 Å². The summed E-state index contributed by atoms with van der Waals surface area (Å²) < 4.78 is 13.8. The maximum Gasteiger partial charge on any atom is 0.509 e. The largest absolute Gasteiger partial charge is 0.509 e. The Hall–Kier alpha value is -1.70. The zero-order chi connectivity index (χ0) is 11.7. The molecule has 0 radical (unpaired) electrons. The smallest absolute Gasteiger partial charge is 0.456 e. The Morgan fingerprint density at radius 1 is 1.20 bits per heavy atom. The van der Waals surface area contributed by atoms with Gasteiger partial charge in [0.1, 0.15) is 0 Å². The van der Waals surface area contributed by atoms with Gasteiger partial charge in [-0.25, -0.2) is 9.59 Å². The summed E-state index contributed by atoms with van der Waals surface area (Å²) in [6.07, 6.45) is -1.50. The zero-order valence-corrected chi connectivity index (χ0v) is 9.03. The van der Waals surface area contributed by atoms with Crippen LogP contribution in [0.15, 0.2) is 0 Å². The minimum atomic E-state index is -0.803. The van der Waals surface area contributed by atoms with Crippen LogP contribution in [-0.2, 0) is 19.0 Å². The predicted molar refractivity (Wildman–Crippen MR) is 52.0 cm³/mol. The van der Waals surface area contributed by atoms with Crippen molar-refractivity contribution in [3.05, 3.63) is 0 Å². The van der Waals surface area contributed by atoms with E-state index in [-0.39, 0.29) is 13.2 Å². The van der Waals surface area contributed by atoms with E-state index in [2.05, 4.69) is 26.1 Å². The third kappa shape index (κ3) is 7.38. The lowest BCUT2D eigenvalue weighted by Crippen LogP contribution is -2.14. The van der Waals surface area contributed by atoms with Gasteiger partial charge in [-0.2, -0.15) is 0 Å². The first-order chi connectivity index (χ1) is 7.10. The molecule has 0 heterocycles. The lowest BCUT2D eigenvalue weighted by atomic mass is 10.4. The maximum atomic E-state index is 10.8. The van der Waals surface area contributed by atoms with Crippen molar-refractivity contribution in [1.29, 1.82) is 0 Å². The summed E-state index contributed by atoms with van der Waals surface area (Å²) in [6, 6.07) is 0. The molecular formula is C10H14O5. The highest BCUT2D eigenvalue weighted by Gasteiger charge is 2.06. The van der Waals surface area contributed by atoms with Gasteiger partial charge in [0.25, 0.3) is 0 Å². The van der Waals surface area contributed by atoms with Gasteiger partial charge in [0.15, 0.2) is 6.10 Å². The van der Waals surface area contributed by atoms with Crippen molar-refractivity contribution in [2.45, 2.75) is 26.9 Å². The van der Waals surface area contributed by atoms with Crippen molar-refractivity contribution >= 4 is 12.1 Å². The minimum Gasteiger partial charge on any atom is -0.456 e. The molecule has 5 nitrogen and oxygen atoms in total. The van der Waals surface area contributed by atoms with Crippen LogP contribution in [0.1, 0.15) is 20.8 Å². The van der Waals surface area contributed by atoms with Gasteiger partial charge in [-0.3, -0.25) is 0 Å². The van der Waals surface area contributed by atoms with Crippen LogP contribution in [0.4, 0.5) is 4.79 Å². The fourth-order valence-corrected chi connectivity index (χ4v) is 0.653. The Labute approximate surface area is 88.7 Å². The number of ether oxygens (including phenoxy) is 3. The SMILES string of the molecule is CCOC(=O)C#CC(C)OC(=O)OCC. The molecule has 0 aliphatic rings. The Morgan fingerprint density at radius 2 is 1.80 bits per heavy atom. The van der Waals surface area contributed by atoms with Gasteiger partial charge < -0.3 is 14.2 Å². The van der Waals surface area contributed by atoms with Gasteiger partial charge in [0.05, 0.1) is 13.2 Å². The Morgan fingerprint density at radius 3 is 2.33 bits per heavy atom. The van der Waals surface area contributed by atoms with E-state index in [0.717, 1.165) is 0 Å². The van der Waals surface area contributed by atoms with Gasteiger partial charge in [-0.1, -0.05) is 0 Å². The highest BCUT2D eigenvalue weighted by atomic mass is 16.7. The molecular weight excluding hydrogens is 200 g/mol. The normalized spacial score (nSPS) is 10.6. The monoisotopic (exact) mass is 214 g/mol. The molecule has 0 spiro atoms. The van der Waals surface area contributed by atoms with E-state index in [4.69, 9.17) is 0 Å². The first-order valence-corrected chi connectivity index (χ1v) is 4.61. The molecule has 1 atom stereocenters. The molecule has 1 unspecified atom stereocenters. The molecule has 0 aromatic heterocycles. The standard InChI is InChI=1S/C10H14O5/c1-4-13-9(11)7-6-8(3)15-10(12)14-5-2/h8H,4-5H2,1-3H3. The fourth-order valence-electron chi connectivity index (χ4n) is 0.653. The molecule has 0 amide bonds. The van der Waals surface area contributed by atoms with E-state index >= 15 is 0 Å². The van der Waals surface area contributed by atoms with E-state index in [9.17, 15) is 9.59 Å². The van der Waals surface area contributed by atoms with Crippen LogP contribution in [0, 0.1) is 11.8 Å². The lowest BCUT2D eigenvalue weighted by Gasteiger charge is -2.05. The number of esters is 1. The molecule has 0 aliphatic carbocycles. The molecule has 5 heteroatoms. The molecule has 0 aliphatic heterocycles. The third-order valence-corrected chi connectivity index (χ3v) is 1.19. The summed E-state index contributed by atoms with van der Waals surface area (Å²) >= 11 is 0. The summed E-state index contributed by atoms with van der Waals surface area (Å²) in [5, 5.41) is 0. The molecule has 0 saturated heterocycles. The molecule has 0 aromatic carbocycles. The van der Waals surface area contributed by atoms with Crippen molar-refractivity contribution in [2.75, 3.05) is 13.2 Å². The van der Waals surface area contributed by atoms with Crippen LogP contribution in [0.5, 0.6) is 0 Å². The first-order valence-electron chi connectivity index (χ1n) is 4.61. The van der Waals surface area contributed by atoms with Crippen LogP contribution < -0.4 is 0 Å². The predicted octanol–water partition coefficient (Wildman–Crippen LogP) is 1.11. The highest BCUT2D eigenvalue weighted by molar-refractivity contribution is 5.88. The first kappa shape index (κ1) is 13.3. The molecule has 0 bridgehead atoms. The van der Waals surface area contributed by atoms with Crippen LogP contribution in [0.25, 0.3) is 0 Å². The molecule has 84 valence electrons. The van der Waals surface area contributed by atoms with Gasteiger partial charge in [-0.15, -0.1) is 0 Å². The van der Waals surface area contributed by atoms with E-state index in [1.54, 1.807) is 13.8 Å². The molecule has 0 aromatic rings. The summed E-state index contributed by atoms with van der Waals surface area (Å²) in [5.74, 6) is 3.95. The molecule has 0 saturated carbocycles. The average Bonchev–Trinajstić information content (AvgIpc) is 2.15. The summed E-state index contributed by atoms with van der Waals surface area (Å²) in [5.41, 5.74) is 0. The van der Waals surface area contributed by atoms with Crippen molar-refractivity contribution in [2.24, 2.45) is 0 Å². The van der Waals surface area contributed by atoms with Gasteiger partial charge in [-0.05, 0) is 26.7 Å². The van der Waals surface area contributed by atoms with Crippen LogP contribution >= 0.6 is 0 Å². The van der Waals surface area contributed by atoms with Crippen LogP contribution in [0.3, 0.4) is 0 Å². The van der Waals surface area contributed by atoms with Crippen LogP contribution in [-0.4, -0.2) is 31.4 Å². The fraction of sp³-hybridized carbons (Fsp3) is 0.600. The Bertz CT molecular complexity index is 273. The van der Waals surface area contributed by atoms with Gasteiger partial charge in [0.2, 0.25) is 0 Å². The van der Waals surface area contributed by atoms with Crippen LogP contribution in [0.2, 0.25) is 0 Å². The third-order valence-electron chi connectivity index (χ3n) is 1.19. The number of hydrogen-bond acceptors (Lipinski definition) is 5. The van der Waals surface area contributed by atoms with E-state index < -0.39 is 18.2 Å². The van der Waals surface area contributed by atoms with Gasteiger partial charge in [0, 0.05) is 5.92 Å². The average molecular weight is 214 g/mol. The lowest BCUT2D eigenvalue weighted by molar-refractivity contribution is -0.136. The molecule has 0 N–H and O–H groups in total. The second-order valence-electron chi connectivity index (χ2n) is 2.43. The van der Waals surface area contributed by atoms with Crippen molar-refractivity contribution in [3.63, 3.8) is 0 Å². The minimum absolute atomic E-state index is 0.233. The summed E-state index contributed by atoms with van der Waals surface area (Å²) in [4.78, 5) is 21.6. The zero-order valence-electron chi connectivity index (χ0n) is 9.03. The molecule has 0 rings (SSSR count). The number of hydrogen-bond donors (Lipinski definition) is 0. The van der Waals surface area contributed by atoms with Crippen molar-refractivity contribution in [3.8, 4) is 11.8 Å². The van der Waals surface area contributed by atoms with E-state index in [1.807, 2.05) is 0 Å². The highest BCUT2D eigenvalue weighted by Crippen LogP contribution is 1.92. The number of carbonyl (C=O) groups is 2. The Balaban J connectivity index is 3.96. The maximum absolute atomic E-state index is 10.8. The van der Waals surface area contributed by atoms with Crippen molar-refractivity contribution < 1.29 is 23.8 Å². The topological polar surface area (TPSA) is 61.8 Å².